The average Bonchev–Trinajstić information content (AvgIpc) is 3.16. The van der Waals surface area contributed by atoms with Crippen LogP contribution < -0.4 is 10.1 Å². The fourth-order valence-corrected chi connectivity index (χ4v) is 3.33. The number of nitrogens with zero attached hydrogens (tertiary/aromatic N) is 4. The van der Waals surface area contributed by atoms with Crippen molar-refractivity contribution < 1.29 is 14.3 Å². The lowest BCUT2D eigenvalue weighted by Gasteiger charge is -2.27. The van der Waals surface area contributed by atoms with E-state index in [2.05, 4.69) is 15.4 Å². The number of rotatable bonds is 4. The van der Waals surface area contributed by atoms with E-state index in [0.717, 1.165) is 5.69 Å². The van der Waals surface area contributed by atoms with Gasteiger partial charge in [-0.1, -0.05) is 25.4 Å². The van der Waals surface area contributed by atoms with Crippen LogP contribution in [0.3, 0.4) is 0 Å². The number of hydrogen-bond acceptors (Lipinski definition) is 6. The van der Waals surface area contributed by atoms with Gasteiger partial charge in [0.2, 0.25) is 0 Å². The fraction of sp³-hybridized carbons (Fsp3) is 0.381. The molecular weight excluding hydrogens is 406 g/mol. The maximum Gasteiger partial charge on any atom is 0.254 e. The normalized spacial score (nSPS) is 13.6. The summed E-state index contributed by atoms with van der Waals surface area (Å²) in [5.74, 6) is 1.22. The molecule has 1 saturated heterocycles. The highest BCUT2D eigenvalue weighted by atomic mass is 35.5. The molecule has 2 aromatic heterocycles. The molecule has 3 aromatic rings. The predicted octanol–water partition coefficient (Wildman–Crippen LogP) is 3.94. The van der Waals surface area contributed by atoms with Crippen molar-refractivity contribution in [3.8, 4) is 5.75 Å². The summed E-state index contributed by atoms with van der Waals surface area (Å²) in [5.41, 5.74) is 2.65. The zero-order valence-electron chi connectivity index (χ0n) is 17.6. The van der Waals surface area contributed by atoms with Crippen LogP contribution >= 0.6 is 11.6 Å². The van der Waals surface area contributed by atoms with Crippen LogP contribution in [0.15, 0.2) is 30.5 Å². The molecule has 1 aliphatic heterocycles. The number of amides is 1. The Bertz CT molecular complexity index is 1030. The van der Waals surface area contributed by atoms with Crippen molar-refractivity contribution in [3.05, 3.63) is 46.7 Å². The molecule has 1 N–H and O–H groups in total. The van der Waals surface area contributed by atoms with E-state index in [1.165, 1.54) is 0 Å². The summed E-state index contributed by atoms with van der Waals surface area (Å²) in [6, 6.07) is 7.20. The summed E-state index contributed by atoms with van der Waals surface area (Å²) in [7, 11) is 1.57. The largest absolute Gasteiger partial charge is 0.495 e. The quantitative estimate of drug-likeness (QED) is 0.673. The Morgan fingerprint density at radius 3 is 2.67 bits per heavy atom. The fourth-order valence-electron chi connectivity index (χ4n) is 3.16. The average molecular weight is 432 g/mol. The molecule has 0 unspecified atom stereocenters. The summed E-state index contributed by atoms with van der Waals surface area (Å²) >= 11 is 6.16. The number of benzene rings is 1. The van der Waals surface area contributed by atoms with Gasteiger partial charge in [-0.15, -0.1) is 0 Å². The van der Waals surface area contributed by atoms with Gasteiger partial charge in [-0.3, -0.25) is 4.79 Å². The highest BCUT2D eigenvalue weighted by molar-refractivity contribution is 6.33. The Morgan fingerprint density at radius 2 is 1.97 bits per heavy atom. The number of ether oxygens (including phenoxy) is 2. The van der Waals surface area contributed by atoms with Crippen molar-refractivity contribution in [2.45, 2.75) is 20.8 Å². The van der Waals surface area contributed by atoms with Gasteiger partial charge in [0, 0.05) is 30.4 Å². The highest BCUT2D eigenvalue weighted by Gasteiger charge is 2.20. The number of hydrogen-bond donors (Lipinski definition) is 1. The van der Waals surface area contributed by atoms with Crippen LogP contribution in [0.25, 0.3) is 5.65 Å². The smallest absolute Gasteiger partial charge is 0.254 e. The minimum absolute atomic E-state index is 0.0332. The minimum atomic E-state index is -0.0332. The maximum atomic E-state index is 12.7. The molecule has 0 aliphatic carbocycles. The van der Waals surface area contributed by atoms with Gasteiger partial charge in [-0.25, -0.2) is 4.98 Å². The molecule has 9 heteroatoms. The second-order valence-electron chi connectivity index (χ2n) is 6.46. The van der Waals surface area contributed by atoms with E-state index >= 15 is 0 Å². The Kier molecular flexibility index (Phi) is 7.12. The van der Waals surface area contributed by atoms with Gasteiger partial charge in [-0.05, 0) is 25.1 Å². The van der Waals surface area contributed by atoms with Gasteiger partial charge in [0.1, 0.15) is 16.6 Å². The third-order valence-electron chi connectivity index (χ3n) is 4.57. The molecule has 0 bridgehead atoms. The lowest BCUT2D eigenvalue weighted by Crippen LogP contribution is -2.40. The van der Waals surface area contributed by atoms with Gasteiger partial charge in [0.15, 0.2) is 5.65 Å². The van der Waals surface area contributed by atoms with Gasteiger partial charge < -0.3 is 19.7 Å². The number of methoxy groups -OCH3 is 1. The predicted molar refractivity (Wildman–Crippen MR) is 117 cm³/mol. The first-order chi connectivity index (χ1) is 14.6. The number of anilines is 2. The van der Waals surface area contributed by atoms with Crippen LogP contribution in [0.1, 0.15) is 29.9 Å². The Labute approximate surface area is 180 Å². The lowest BCUT2D eigenvalue weighted by atomic mass is 10.1. The molecule has 0 radical (unpaired) electrons. The van der Waals surface area contributed by atoms with Crippen molar-refractivity contribution in [2.24, 2.45) is 0 Å². The van der Waals surface area contributed by atoms with Crippen LogP contribution in [0.2, 0.25) is 5.02 Å². The number of fused-ring (bicyclic) bond motifs is 1. The van der Waals surface area contributed by atoms with Crippen molar-refractivity contribution in [1.82, 2.24) is 19.5 Å². The van der Waals surface area contributed by atoms with Crippen molar-refractivity contribution in [3.63, 3.8) is 0 Å². The second-order valence-corrected chi connectivity index (χ2v) is 6.86. The SMILES string of the molecule is CC.COc1cc(C(=O)N2CCOCC2)ccc1Nc1cc(C)nc2c(Cl)cnn12. The third kappa shape index (κ3) is 4.49. The number of carbonyl (C=O) groups is 1. The third-order valence-corrected chi connectivity index (χ3v) is 4.83. The molecule has 0 spiro atoms. The monoisotopic (exact) mass is 431 g/mol. The Balaban J connectivity index is 0.00000124. The first-order valence-electron chi connectivity index (χ1n) is 9.90. The molecule has 1 amide bonds. The molecule has 3 heterocycles. The summed E-state index contributed by atoms with van der Waals surface area (Å²) in [5, 5.41) is 8.04. The van der Waals surface area contributed by atoms with E-state index in [9.17, 15) is 4.79 Å². The van der Waals surface area contributed by atoms with Crippen molar-refractivity contribution >= 4 is 34.7 Å². The first kappa shape index (κ1) is 21.9. The summed E-state index contributed by atoms with van der Waals surface area (Å²) in [4.78, 5) is 18.9. The van der Waals surface area contributed by atoms with Crippen LogP contribution in [0.5, 0.6) is 5.75 Å². The highest BCUT2D eigenvalue weighted by Crippen LogP contribution is 2.30. The van der Waals surface area contributed by atoms with Crippen molar-refractivity contribution in [2.75, 3.05) is 38.7 Å². The molecule has 4 rings (SSSR count). The van der Waals surface area contributed by atoms with Gasteiger partial charge in [0.25, 0.3) is 5.91 Å². The number of carbonyl (C=O) groups excluding carboxylic acids is 1. The Hall–Kier alpha value is -2.84. The minimum Gasteiger partial charge on any atom is -0.495 e. The zero-order chi connectivity index (χ0) is 21.7. The second kappa shape index (κ2) is 9.77. The summed E-state index contributed by atoms with van der Waals surface area (Å²) in [6.07, 6.45) is 1.55. The summed E-state index contributed by atoms with van der Waals surface area (Å²) < 4.78 is 12.5. The maximum absolute atomic E-state index is 12.7. The van der Waals surface area contributed by atoms with Gasteiger partial charge >= 0.3 is 0 Å². The lowest BCUT2D eigenvalue weighted by molar-refractivity contribution is 0.0302. The van der Waals surface area contributed by atoms with Crippen LogP contribution in [0, 0.1) is 6.92 Å². The van der Waals surface area contributed by atoms with E-state index in [1.807, 2.05) is 32.9 Å². The number of morpholine rings is 1. The van der Waals surface area contributed by atoms with E-state index in [0.29, 0.717) is 59.8 Å². The van der Waals surface area contributed by atoms with Crippen LogP contribution in [-0.2, 0) is 4.74 Å². The number of halogens is 1. The molecular formula is C21H26ClN5O3. The van der Waals surface area contributed by atoms with Crippen LogP contribution in [-0.4, -0.2) is 58.8 Å². The van der Waals surface area contributed by atoms with E-state index in [-0.39, 0.29) is 5.91 Å². The molecule has 1 fully saturated rings. The zero-order valence-corrected chi connectivity index (χ0v) is 18.4. The molecule has 1 aromatic carbocycles. The van der Waals surface area contributed by atoms with E-state index in [4.69, 9.17) is 21.1 Å². The Morgan fingerprint density at radius 1 is 1.23 bits per heavy atom. The molecule has 160 valence electrons. The molecule has 8 nitrogen and oxygen atoms in total. The van der Waals surface area contributed by atoms with E-state index in [1.54, 1.807) is 34.9 Å². The first-order valence-corrected chi connectivity index (χ1v) is 10.3. The number of aromatic nitrogens is 3. The standard InChI is InChI=1S/C19H20ClN5O3.C2H6/c1-12-9-17(25-18(22-12)14(20)11-21-25)23-15-4-3-13(10-16(15)27-2)19(26)24-5-7-28-8-6-24;1-2/h3-4,9-11,23H,5-8H2,1-2H3;1-2H3. The van der Waals surface area contributed by atoms with E-state index < -0.39 is 0 Å². The number of nitrogens with one attached hydrogen (secondary N) is 1. The van der Waals surface area contributed by atoms with Crippen molar-refractivity contribution in [1.29, 1.82) is 0 Å². The molecule has 0 saturated carbocycles. The van der Waals surface area contributed by atoms with Gasteiger partial charge in [0.05, 0.1) is 32.2 Å². The molecule has 30 heavy (non-hydrogen) atoms. The topological polar surface area (TPSA) is 81.0 Å². The van der Waals surface area contributed by atoms with Gasteiger partial charge in [-0.2, -0.15) is 9.61 Å². The molecule has 0 atom stereocenters. The number of aryl methyl sites for hydroxylation is 1. The molecule has 1 aliphatic rings. The van der Waals surface area contributed by atoms with Crippen LogP contribution in [0.4, 0.5) is 11.5 Å². The summed E-state index contributed by atoms with van der Waals surface area (Å²) in [6.45, 7) is 8.19.